The third kappa shape index (κ3) is 9.69. The number of aromatic nitrogens is 1. The molecule has 0 atom stereocenters. The molecule has 11 nitrogen and oxygen atoms in total. The quantitative estimate of drug-likeness (QED) is 0.0816. The first kappa shape index (κ1) is 44.1. The number of rotatable bonds is 12. The van der Waals surface area contributed by atoms with Crippen LogP contribution >= 0.6 is 22.9 Å². The molecule has 5 N–H and O–H groups in total. The Labute approximate surface area is 377 Å². The lowest BCUT2D eigenvalue weighted by Crippen LogP contribution is -2.42. The van der Waals surface area contributed by atoms with E-state index in [9.17, 15) is 23.1 Å². The molecule has 1 amide bonds. The van der Waals surface area contributed by atoms with Crippen LogP contribution in [0.15, 0.2) is 107 Å². The number of sulfonamides is 1. The van der Waals surface area contributed by atoms with Crippen LogP contribution < -0.4 is 15.4 Å². The predicted octanol–water partition coefficient (Wildman–Crippen LogP) is 9.46. The molecule has 0 saturated carbocycles. The van der Waals surface area contributed by atoms with E-state index in [1.165, 1.54) is 16.9 Å². The molecule has 3 heterocycles. The number of aromatic amines is 1. The summed E-state index contributed by atoms with van der Waals surface area (Å²) in [7, 11) is 0.371. The number of nitrogens with zero attached hydrogens (tertiary/aromatic N) is 2. The Kier molecular flexibility index (Phi) is 13.1. The van der Waals surface area contributed by atoms with E-state index in [0.717, 1.165) is 93.4 Å². The fourth-order valence-corrected chi connectivity index (χ4v) is 11.4. The maximum atomic E-state index is 13.1. The zero-order valence-corrected chi connectivity index (χ0v) is 38.1. The van der Waals surface area contributed by atoms with Crippen LogP contribution in [0.3, 0.4) is 0 Å². The van der Waals surface area contributed by atoms with Crippen molar-refractivity contribution in [1.29, 1.82) is 0 Å². The van der Waals surface area contributed by atoms with Gasteiger partial charge in [-0.1, -0.05) is 54.1 Å². The van der Waals surface area contributed by atoms with Crippen LogP contribution in [0.4, 0.5) is 17.1 Å². The summed E-state index contributed by atoms with van der Waals surface area (Å²) in [4.78, 5) is 32.9. The molecule has 1 aliphatic carbocycles. The second-order valence-corrected chi connectivity index (χ2v) is 19.9. The highest BCUT2D eigenvalue weighted by Crippen LogP contribution is 2.39. The van der Waals surface area contributed by atoms with E-state index < -0.39 is 10.0 Å². The Hall–Kier alpha value is -5.54. The van der Waals surface area contributed by atoms with Crippen LogP contribution in [0.2, 0.25) is 5.02 Å². The van der Waals surface area contributed by atoms with Crippen molar-refractivity contribution in [3.05, 3.63) is 142 Å². The Morgan fingerprint density at radius 1 is 0.873 bits per heavy atom. The second-order valence-electron chi connectivity index (χ2n) is 16.5. The number of carbonyl (C=O) groups excluding carboxylic acids is 2. The Morgan fingerprint density at radius 2 is 1.62 bits per heavy atom. The minimum Gasteiger partial charge on any atom is -0.392 e. The average molecular weight is 904 g/mol. The second kappa shape index (κ2) is 18.7. The van der Waals surface area contributed by atoms with Gasteiger partial charge >= 0.3 is 0 Å². The number of hydrogen-bond acceptors (Lipinski definition) is 9. The van der Waals surface area contributed by atoms with E-state index in [-0.39, 0.29) is 18.3 Å². The third-order valence-electron chi connectivity index (χ3n) is 11.8. The minimum atomic E-state index is -3.70. The summed E-state index contributed by atoms with van der Waals surface area (Å²) in [5.41, 5.74) is 10.4. The molecular formula is C49H51ClN6O5S2. The Morgan fingerprint density at radius 3 is 2.38 bits per heavy atom. The highest BCUT2D eigenvalue weighted by Gasteiger charge is 2.27. The molecule has 0 spiro atoms. The lowest BCUT2D eigenvalue weighted by Gasteiger charge is -2.33. The lowest BCUT2D eigenvalue weighted by atomic mass is 10.0. The fraction of sp³-hybridized carbons (Fsp3) is 0.265. The molecule has 326 valence electrons. The van der Waals surface area contributed by atoms with E-state index in [2.05, 4.69) is 43.1 Å². The van der Waals surface area contributed by atoms with Gasteiger partial charge in [-0.2, -0.15) is 0 Å². The fourth-order valence-electron chi connectivity index (χ4n) is 8.44. The number of aliphatic hydroxyl groups is 1. The number of likely N-dealkylation sites (tertiary alicyclic amines) is 1. The number of piperidine rings is 1. The van der Waals surface area contributed by atoms with Crippen molar-refractivity contribution in [2.45, 2.75) is 50.0 Å². The van der Waals surface area contributed by atoms with Crippen LogP contribution in [0.1, 0.15) is 51.0 Å². The average Bonchev–Trinajstić information content (AvgIpc) is 3.92. The van der Waals surface area contributed by atoms with E-state index in [4.69, 9.17) is 11.6 Å². The van der Waals surface area contributed by atoms with Gasteiger partial charge < -0.3 is 25.6 Å². The molecule has 2 aliphatic rings. The summed E-state index contributed by atoms with van der Waals surface area (Å²) in [6, 6.07) is 30.4. The van der Waals surface area contributed by atoms with Gasteiger partial charge in [-0.05, 0) is 135 Å². The Bertz CT molecular complexity index is 2950. The van der Waals surface area contributed by atoms with Gasteiger partial charge in [0.2, 0.25) is 5.91 Å². The number of hydrogen-bond donors (Lipinski definition) is 5. The van der Waals surface area contributed by atoms with E-state index in [0.29, 0.717) is 44.3 Å². The van der Waals surface area contributed by atoms with Crippen LogP contribution in [-0.4, -0.2) is 86.3 Å². The maximum absolute atomic E-state index is 13.1. The smallest absolute Gasteiger partial charge is 0.271 e. The van der Waals surface area contributed by atoms with Gasteiger partial charge in [0.05, 0.1) is 13.2 Å². The number of amides is 1. The summed E-state index contributed by atoms with van der Waals surface area (Å²) >= 11 is 7.34. The van der Waals surface area contributed by atoms with Crippen molar-refractivity contribution in [2.75, 3.05) is 55.6 Å². The number of carbonyl (C=O) groups is 2. The zero-order chi connectivity index (χ0) is 44.4. The summed E-state index contributed by atoms with van der Waals surface area (Å²) in [5, 5.41) is 18.7. The zero-order valence-electron chi connectivity index (χ0n) is 35.7. The SMILES string of the molecule is Cc1c(S(=O)(=O)Nc2ccc3[nH]cc(CCN(C)C)c3c2)sc2ccc(Cl)cc12.Cc1cccc(CO)c1NC1CCN(CC(=O)Nc2ccc3c(c2)-c2ccccc2C3=O)CC1. The summed E-state index contributed by atoms with van der Waals surface area (Å²) in [5.74, 6) is -0.0119. The van der Waals surface area contributed by atoms with Gasteiger partial charge in [0, 0.05) is 86.3 Å². The number of nitrogens with one attached hydrogen (secondary N) is 4. The number of ketones is 1. The molecule has 0 bridgehead atoms. The highest BCUT2D eigenvalue weighted by molar-refractivity contribution is 7.94. The van der Waals surface area contributed by atoms with E-state index in [1.807, 2.05) is 93.9 Å². The Balaban J connectivity index is 0.000000175. The van der Waals surface area contributed by atoms with Crippen LogP contribution in [0.25, 0.3) is 32.1 Å². The number of anilines is 3. The number of H-pyrrole nitrogens is 1. The summed E-state index contributed by atoms with van der Waals surface area (Å²) in [6.45, 7) is 6.81. The van der Waals surface area contributed by atoms with Crippen LogP contribution in [0, 0.1) is 13.8 Å². The molecule has 2 aromatic heterocycles. The molecule has 0 radical (unpaired) electrons. The van der Waals surface area contributed by atoms with Gasteiger partial charge in [-0.3, -0.25) is 19.2 Å². The number of aliphatic hydroxyl groups excluding tert-OH is 1. The molecule has 0 unspecified atom stereocenters. The summed E-state index contributed by atoms with van der Waals surface area (Å²) < 4.78 is 30.2. The molecule has 63 heavy (non-hydrogen) atoms. The molecule has 14 heteroatoms. The van der Waals surface area contributed by atoms with Gasteiger partial charge in [-0.25, -0.2) is 8.42 Å². The maximum Gasteiger partial charge on any atom is 0.271 e. The van der Waals surface area contributed by atoms with Gasteiger partial charge in [0.1, 0.15) is 4.21 Å². The summed E-state index contributed by atoms with van der Waals surface area (Å²) in [6.07, 6.45) is 4.75. The molecule has 1 fully saturated rings. The largest absolute Gasteiger partial charge is 0.392 e. The first-order valence-corrected chi connectivity index (χ1v) is 23.7. The van der Waals surface area contributed by atoms with Gasteiger partial charge in [0.15, 0.2) is 5.78 Å². The first-order valence-electron chi connectivity index (χ1n) is 21.0. The standard InChI is InChI=1S/C28H29N3O3.C21H22ClN3O2S2/c1-18-5-4-6-19(17-32)27(18)30-20-11-13-31(14-12-20)16-26(33)29-21-9-10-24-25(15-21)22-7-2-3-8-23(22)28(24)34;1-13-17-10-15(22)4-7-20(17)28-21(13)29(26,27)24-16-5-6-19-18(11-16)14(12-23-19)8-9-25(2)3/h2-10,15,20,30,32H,11-14,16-17H2,1H3,(H,29,33);4-7,10-12,23-24H,8-9H2,1-3H3. The number of thiophene rings is 1. The predicted molar refractivity (Wildman–Crippen MR) is 257 cm³/mol. The van der Waals surface area contributed by atoms with Gasteiger partial charge in [-0.15, -0.1) is 11.3 Å². The van der Waals surface area contributed by atoms with Crippen molar-refractivity contribution < 1.29 is 23.1 Å². The molecule has 9 rings (SSSR count). The molecular weight excluding hydrogens is 852 g/mol. The number of likely N-dealkylation sites (N-methyl/N-ethyl adjacent to an activating group) is 1. The monoisotopic (exact) mass is 902 g/mol. The van der Waals surface area contributed by atoms with E-state index in [1.54, 1.807) is 24.3 Å². The molecule has 7 aromatic rings. The third-order valence-corrected chi connectivity index (χ3v) is 15.3. The molecule has 1 aliphatic heterocycles. The lowest BCUT2D eigenvalue weighted by molar-refractivity contribution is -0.117. The number of aryl methyl sites for hydroxylation is 2. The normalized spacial score (nSPS) is 14.1. The number of benzene rings is 5. The number of para-hydroxylation sites is 1. The van der Waals surface area contributed by atoms with Crippen molar-refractivity contribution in [3.63, 3.8) is 0 Å². The number of fused-ring (bicyclic) bond motifs is 5. The van der Waals surface area contributed by atoms with Crippen LogP contribution in [0.5, 0.6) is 0 Å². The number of halogens is 1. The van der Waals surface area contributed by atoms with E-state index >= 15 is 0 Å². The highest BCUT2D eigenvalue weighted by atomic mass is 35.5. The minimum absolute atomic E-state index is 0.0193. The van der Waals surface area contributed by atoms with Crippen LogP contribution in [-0.2, 0) is 27.8 Å². The van der Waals surface area contributed by atoms with Gasteiger partial charge in [0.25, 0.3) is 10.0 Å². The van der Waals surface area contributed by atoms with Crippen molar-refractivity contribution >= 4 is 82.7 Å². The molecule has 1 saturated heterocycles. The van der Waals surface area contributed by atoms with Crippen molar-refractivity contribution in [3.8, 4) is 11.1 Å². The molecule has 5 aromatic carbocycles. The first-order chi connectivity index (χ1) is 30.3. The van der Waals surface area contributed by atoms with Crippen molar-refractivity contribution in [1.82, 2.24) is 14.8 Å². The van der Waals surface area contributed by atoms with Crippen molar-refractivity contribution in [2.24, 2.45) is 0 Å². The topological polar surface area (TPSA) is 147 Å².